The molecule has 0 aromatic carbocycles. The molecule has 6 heterocycles. The van der Waals surface area contributed by atoms with Gasteiger partial charge in [0.15, 0.2) is 31.5 Å². The Labute approximate surface area is 506 Å². The van der Waals surface area contributed by atoms with Crippen molar-refractivity contribution < 1.29 is 136 Å². The highest BCUT2D eigenvalue weighted by Crippen LogP contribution is 2.68. The van der Waals surface area contributed by atoms with Gasteiger partial charge in [0.2, 0.25) is 0 Å². The molecule has 4 aliphatic carbocycles. The lowest BCUT2D eigenvalue weighted by Gasteiger charge is -2.60. The lowest BCUT2D eigenvalue weighted by Crippen LogP contribution is -2.68. The highest BCUT2D eigenvalue weighted by atomic mass is 32.3. The van der Waals surface area contributed by atoms with Crippen LogP contribution in [0.2, 0.25) is 0 Å². The van der Waals surface area contributed by atoms with E-state index >= 15 is 0 Å². The van der Waals surface area contributed by atoms with Crippen molar-refractivity contribution in [3.63, 3.8) is 0 Å². The van der Waals surface area contributed by atoms with E-state index in [1.165, 1.54) is 27.7 Å². The van der Waals surface area contributed by atoms with Gasteiger partial charge in [-0.3, -0.25) is 4.55 Å². The standard InChI is InChI=1S/C58H96O28S/c1-20(2)21(3)45-50(81-45)58(10,71)33-12-11-28-27-18-31(30-17-26(86-87(72,73)74)13-15-56(30,8)29(27)14-16-57(28,33)9)79-53-44(70)47(37(63)32(19-59)80-53)83-55-49(85-52-42(68)39(65)35(61)23(5)76-52)43(69)46(25(7)78-55)82-54-48(40(66)36(62)24(6)77-54)84-51-41(67)38(64)34(60)22(4)75-51/h14,20-28,30-55,59-71H,11-13,15-19H2,1-10H3,(H,72,73,74)/t21-,22+,23+,24+,25+,26-,27-,28-,30+,31-,32+,33-,34-,35-,36-,37+,38-,39-,40-,41+,42+,43-,44+,45-,46+,47-,48+,49+,50+,51-,52-,53+,54-,55-,56+,57-,58+/m0/s1. The summed E-state index contributed by atoms with van der Waals surface area (Å²) in [6, 6.07) is 0. The molecule has 14 N–H and O–H groups in total. The fourth-order valence-electron chi connectivity index (χ4n) is 16.5. The van der Waals surface area contributed by atoms with Crippen LogP contribution in [0.15, 0.2) is 11.6 Å². The molecule has 37 atom stereocenters. The molecule has 10 rings (SSSR count). The summed E-state index contributed by atoms with van der Waals surface area (Å²) in [6.45, 7) is 17.3. The SMILES string of the molecule is CC(C)[C@H](C)[C@@H]1O[C@H]1[C@](C)(O)[C@H]1CC[C@H]2[C@@H]3C[C@H](O[C@@H]4O[C@H](CO)[C@@H](O)[C@H](O[C@@H]5O[C@H](C)[C@@H](O[C@@H]6O[C@H](C)[C@H](O)[C@H](O)[C@H]6O[C@@H]6O[C@H](C)[C@H](O)[C@H](O)[C@H]6O)[C@H](O)[C@H]5O[C@@H]5O[C@H](C)[C@H](O)[C@H](O)[C@H]5O)[C@H]4O)[C@H]4C[C@@H](OS(=O)(=O)O)CC[C@]4(C)C3=CC[C@]12C. The summed E-state index contributed by atoms with van der Waals surface area (Å²) < 4.78 is 108. The molecule has 6 aliphatic heterocycles. The minimum absolute atomic E-state index is 0.0278. The molecule has 0 amide bonds. The molecule has 10 aliphatic rings. The van der Waals surface area contributed by atoms with Crippen molar-refractivity contribution >= 4 is 10.4 Å². The predicted octanol–water partition coefficient (Wildman–Crippen LogP) is -2.23. The minimum Gasteiger partial charge on any atom is -0.394 e. The first-order valence-electron chi connectivity index (χ1n) is 31.0. The average molecular weight is 1270 g/mol. The van der Waals surface area contributed by atoms with Crippen LogP contribution in [-0.2, 0) is 66.7 Å². The minimum atomic E-state index is -4.90. The van der Waals surface area contributed by atoms with Crippen molar-refractivity contribution in [1.29, 1.82) is 0 Å². The largest absolute Gasteiger partial charge is 0.397 e. The molecule has 29 heteroatoms. The second kappa shape index (κ2) is 25.8. The number of hydrogen-bond donors (Lipinski definition) is 14. The molecule has 3 saturated carbocycles. The van der Waals surface area contributed by atoms with E-state index in [-0.39, 0.29) is 48.7 Å². The zero-order chi connectivity index (χ0) is 63.6. The zero-order valence-electron chi connectivity index (χ0n) is 50.8. The summed E-state index contributed by atoms with van der Waals surface area (Å²) in [7, 11) is -4.90. The smallest absolute Gasteiger partial charge is 0.394 e. The summed E-state index contributed by atoms with van der Waals surface area (Å²) >= 11 is 0. The lowest BCUT2D eigenvalue weighted by molar-refractivity contribution is -0.406. The fraction of sp³-hybridized carbons (Fsp3) is 0.966. The average Bonchev–Trinajstić information content (AvgIpc) is 1.66. The van der Waals surface area contributed by atoms with Crippen molar-refractivity contribution in [2.45, 2.75) is 298 Å². The molecule has 0 unspecified atom stereocenters. The topological polar surface area (TPSA) is 431 Å². The summed E-state index contributed by atoms with van der Waals surface area (Å²) in [6.07, 6.45) is -38.9. The fourth-order valence-corrected chi connectivity index (χ4v) is 17.0. The molecule has 0 bridgehead atoms. The molecule has 87 heavy (non-hydrogen) atoms. The lowest BCUT2D eigenvalue weighted by atomic mass is 9.47. The van der Waals surface area contributed by atoms with Gasteiger partial charge in [-0.05, 0) is 126 Å². The van der Waals surface area contributed by atoms with Crippen LogP contribution in [0, 0.1) is 46.3 Å². The first kappa shape index (κ1) is 68.5. The van der Waals surface area contributed by atoms with E-state index in [2.05, 4.69) is 40.7 Å². The highest BCUT2D eigenvalue weighted by Gasteiger charge is 2.67. The van der Waals surface area contributed by atoms with Crippen molar-refractivity contribution in [1.82, 2.24) is 0 Å². The van der Waals surface area contributed by atoms with Crippen LogP contribution in [0.4, 0.5) is 0 Å². The van der Waals surface area contributed by atoms with Gasteiger partial charge in [0, 0.05) is 0 Å². The maximum absolute atomic E-state index is 12.5. The van der Waals surface area contributed by atoms with E-state index in [4.69, 9.17) is 56.3 Å². The Bertz CT molecular complexity index is 2500. The maximum Gasteiger partial charge on any atom is 0.397 e. The van der Waals surface area contributed by atoms with Gasteiger partial charge in [-0.15, -0.1) is 0 Å². The molecular weight excluding hydrogens is 1180 g/mol. The third-order valence-corrected chi connectivity index (χ3v) is 22.6. The van der Waals surface area contributed by atoms with Crippen LogP contribution in [0.25, 0.3) is 0 Å². The van der Waals surface area contributed by atoms with Crippen LogP contribution in [0.5, 0.6) is 0 Å². The van der Waals surface area contributed by atoms with Gasteiger partial charge in [-0.25, -0.2) is 4.18 Å². The van der Waals surface area contributed by atoms with Gasteiger partial charge in [-0.2, -0.15) is 8.42 Å². The normalized spacial score (nSPS) is 54.0. The summed E-state index contributed by atoms with van der Waals surface area (Å²) in [5.74, 6) is -0.213. The van der Waals surface area contributed by atoms with Gasteiger partial charge in [0.25, 0.3) is 0 Å². The molecule has 0 aromatic rings. The third kappa shape index (κ3) is 12.8. The van der Waals surface area contributed by atoms with Gasteiger partial charge >= 0.3 is 10.4 Å². The predicted molar refractivity (Wildman–Crippen MR) is 294 cm³/mol. The zero-order valence-corrected chi connectivity index (χ0v) is 51.6. The Kier molecular flexibility index (Phi) is 20.3. The number of aliphatic hydroxyl groups excluding tert-OH is 12. The number of hydrogen-bond acceptors (Lipinski definition) is 27. The maximum atomic E-state index is 12.5. The van der Waals surface area contributed by atoms with E-state index in [9.17, 15) is 79.4 Å². The first-order valence-corrected chi connectivity index (χ1v) is 32.4. The Morgan fingerprint density at radius 3 is 1.67 bits per heavy atom. The Balaban J connectivity index is 0.930. The first-order chi connectivity index (χ1) is 40.6. The monoisotopic (exact) mass is 1270 g/mol. The molecular formula is C58H96O28S. The summed E-state index contributed by atoms with van der Waals surface area (Å²) in [5, 5.41) is 147. The summed E-state index contributed by atoms with van der Waals surface area (Å²) in [5.41, 5.74) is -1.05. The third-order valence-electron chi connectivity index (χ3n) is 22.1. The van der Waals surface area contributed by atoms with Crippen LogP contribution < -0.4 is 0 Å². The van der Waals surface area contributed by atoms with Crippen LogP contribution in [0.1, 0.15) is 114 Å². The Hall–Kier alpha value is -1.35. The van der Waals surface area contributed by atoms with Crippen LogP contribution in [-0.4, -0.2) is 270 Å². The van der Waals surface area contributed by atoms with Gasteiger partial charge in [-0.1, -0.05) is 46.3 Å². The summed E-state index contributed by atoms with van der Waals surface area (Å²) in [4.78, 5) is 0. The molecule has 0 aromatic heterocycles. The van der Waals surface area contributed by atoms with E-state index in [0.717, 1.165) is 18.4 Å². The quantitative estimate of drug-likeness (QED) is 0.0416. The van der Waals surface area contributed by atoms with E-state index in [0.29, 0.717) is 25.2 Å². The second-order valence-electron chi connectivity index (χ2n) is 27.8. The molecule has 28 nitrogen and oxygen atoms in total. The number of rotatable bonds is 17. The number of aliphatic hydroxyl groups is 13. The van der Waals surface area contributed by atoms with E-state index < -0.39 is 205 Å². The molecule has 6 saturated heterocycles. The highest BCUT2D eigenvalue weighted by molar-refractivity contribution is 7.80. The van der Waals surface area contributed by atoms with Crippen molar-refractivity contribution in [2.75, 3.05) is 6.61 Å². The van der Waals surface area contributed by atoms with E-state index in [1.54, 1.807) is 0 Å². The van der Waals surface area contributed by atoms with Crippen molar-refractivity contribution in [3.05, 3.63) is 11.6 Å². The Morgan fingerprint density at radius 2 is 1.10 bits per heavy atom. The van der Waals surface area contributed by atoms with E-state index in [1.807, 2.05) is 6.92 Å². The number of allylic oxidation sites excluding steroid dienone is 2. The molecule has 9 fully saturated rings. The molecule has 0 radical (unpaired) electrons. The molecule has 502 valence electrons. The second-order valence-corrected chi connectivity index (χ2v) is 28.8. The van der Waals surface area contributed by atoms with Crippen molar-refractivity contribution in [2.24, 2.45) is 46.3 Å². The number of fused-ring (bicyclic) bond motifs is 5. The van der Waals surface area contributed by atoms with Crippen LogP contribution in [0.3, 0.4) is 0 Å². The number of ether oxygens (including phenoxy) is 11. The van der Waals surface area contributed by atoms with Gasteiger partial charge < -0.3 is 118 Å². The van der Waals surface area contributed by atoms with Gasteiger partial charge in [0.1, 0.15) is 104 Å². The van der Waals surface area contributed by atoms with Crippen LogP contribution >= 0.6 is 0 Å². The van der Waals surface area contributed by atoms with Gasteiger partial charge in [0.05, 0.1) is 54.9 Å². The number of epoxide rings is 1. The molecule has 0 spiro atoms. The van der Waals surface area contributed by atoms with Crippen molar-refractivity contribution in [3.8, 4) is 0 Å². The Morgan fingerprint density at radius 1 is 0.586 bits per heavy atom.